The average molecular weight is 188 g/mol. The molecule has 0 aromatic heterocycles. The number of rotatable bonds is 2. The van der Waals surface area contributed by atoms with Crippen LogP contribution in [0.5, 0.6) is 0 Å². The molecule has 0 aromatic carbocycles. The van der Waals surface area contributed by atoms with E-state index in [2.05, 4.69) is 13.8 Å². The Hall–Kier alpha value is -0.140. The summed E-state index contributed by atoms with van der Waals surface area (Å²) < 4.78 is 25.7. The van der Waals surface area contributed by atoms with Crippen LogP contribution in [0.25, 0.3) is 0 Å². The molecule has 0 unspecified atom stereocenters. The SMILES string of the molecule is CC(C)C12CCC(C(F)F)(CC1)C2. The first kappa shape index (κ1) is 9.42. The van der Waals surface area contributed by atoms with Gasteiger partial charge in [-0.05, 0) is 43.4 Å². The van der Waals surface area contributed by atoms with Gasteiger partial charge in [-0.25, -0.2) is 8.78 Å². The molecule has 2 aliphatic rings. The molecule has 0 saturated heterocycles. The lowest BCUT2D eigenvalue weighted by molar-refractivity contribution is 0.00155. The number of halogens is 2. The van der Waals surface area contributed by atoms with Crippen LogP contribution in [0.2, 0.25) is 0 Å². The van der Waals surface area contributed by atoms with Gasteiger partial charge in [0.25, 0.3) is 0 Å². The normalized spacial score (nSPS) is 43.8. The molecule has 0 aliphatic heterocycles. The summed E-state index contributed by atoms with van der Waals surface area (Å²) in [5.74, 6) is 0.579. The molecule has 2 aliphatic carbocycles. The minimum Gasteiger partial charge on any atom is -0.210 e. The second-order valence-electron chi connectivity index (χ2n) is 5.36. The Morgan fingerprint density at radius 2 is 1.38 bits per heavy atom. The Morgan fingerprint density at radius 1 is 0.923 bits per heavy atom. The molecule has 2 rings (SSSR count). The minimum absolute atomic E-state index is 0.274. The van der Waals surface area contributed by atoms with Crippen molar-refractivity contribution in [2.45, 2.75) is 52.4 Å². The van der Waals surface area contributed by atoms with E-state index in [-0.39, 0.29) is 5.41 Å². The van der Waals surface area contributed by atoms with Gasteiger partial charge < -0.3 is 0 Å². The molecule has 0 spiro atoms. The van der Waals surface area contributed by atoms with Gasteiger partial charge in [0.15, 0.2) is 0 Å². The molecule has 13 heavy (non-hydrogen) atoms. The second-order valence-corrected chi connectivity index (χ2v) is 5.36. The average Bonchev–Trinajstić information content (AvgIpc) is 2.61. The van der Waals surface area contributed by atoms with Crippen LogP contribution < -0.4 is 0 Å². The first-order chi connectivity index (χ1) is 6.01. The Labute approximate surface area is 78.7 Å². The topological polar surface area (TPSA) is 0 Å². The van der Waals surface area contributed by atoms with Crippen molar-refractivity contribution >= 4 is 0 Å². The van der Waals surface area contributed by atoms with E-state index in [1.54, 1.807) is 0 Å². The van der Waals surface area contributed by atoms with Crippen LogP contribution in [0.15, 0.2) is 0 Å². The third-order valence-electron chi connectivity index (χ3n) is 4.63. The highest BCUT2D eigenvalue weighted by Gasteiger charge is 2.59. The zero-order valence-corrected chi connectivity index (χ0v) is 8.45. The van der Waals surface area contributed by atoms with E-state index in [1.165, 1.54) is 0 Å². The molecule has 2 fully saturated rings. The summed E-state index contributed by atoms with van der Waals surface area (Å²) in [7, 11) is 0. The standard InChI is InChI=1S/C11H18F2/c1-8(2)10-3-5-11(7-10,6-4-10)9(12)13/h8-9H,3-7H2,1-2H3. The smallest absolute Gasteiger partial charge is 0.210 e. The zero-order valence-electron chi connectivity index (χ0n) is 8.45. The van der Waals surface area contributed by atoms with Gasteiger partial charge in [0, 0.05) is 5.41 Å². The molecule has 0 aromatic rings. The zero-order chi connectivity index (χ0) is 9.69. The van der Waals surface area contributed by atoms with E-state index in [4.69, 9.17) is 0 Å². The second kappa shape index (κ2) is 2.68. The first-order valence-corrected chi connectivity index (χ1v) is 5.29. The number of hydrogen-bond donors (Lipinski definition) is 0. The summed E-state index contributed by atoms with van der Waals surface area (Å²) >= 11 is 0. The van der Waals surface area contributed by atoms with Crippen molar-refractivity contribution in [2.75, 3.05) is 0 Å². The van der Waals surface area contributed by atoms with Crippen LogP contribution in [0, 0.1) is 16.7 Å². The van der Waals surface area contributed by atoms with Gasteiger partial charge in [0.2, 0.25) is 6.43 Å². The lowest BCUT2D eigenvalue weighted by Gasteiger charge is -2.31. The van der Waals surface area contributed by atoms with Gasteiger partial charge in [-0.15, -0.1) is 0 Å². The number of hydrogen-bond acceptors (Lipinski definition) is 0. The van der Waals surface area contributed by atoms with Crippen molar-refractivity contribution in [1.82, 2.24) is 0 Å². The summed E-state index contributed by atoms with van der Waals surface area (Å²) in [5, 5.41) is 0. The Bertz CT molecular complexity index is 178. The lowest BCUT2D eigenvalue weighted by Crippen LogP contribution is -2.23. The fourth-order valence-corrected chi connectivity index (χ4v) is 3.38. The van der Waals surface area contributed by atoms with E-state index < -0.39 is 11.8 Å². The molecule has 0 amide bonds. The van der Waals surface area contributed by atoms with E-state index >= 15 is 0 Å². The minimum atomic E-state index is -2.09. The molecule has 0 N–H and O–H groups in total. The van der Waals surface area contributed by atoms with Crippen LogP contribution in [-0.4, -0.2) is 6.43 Å². The van der Waals surface area contributed by atoms with Gasteiger partial charge in [-0.3, -0.25) is 0 Å². The largest absolute Gasteiger partial charge is 0.244 e. The fourth-order valence-electron chi connectivity index (χ4n) is 3.38. The van der Waals surface area contributed by atoms with Crippen LogP contribution in [0.3, 0.4) is 0 Å². The van der Waals surface area contributed by atoms with Crippen LogP contribution in [0.4, 0.5) is 8.78 Å². The van der Waals surface area contributed by atoms with E-state index in [0.717, 1.165) is 32.1 Å². The van der Waals surface area contributed by atoms with Gasteiger partial charge >= 0.3 is 0 Å². The highest BCUT2D eigenvalue weighted by atomic mass is 19.3. The van der Waals surface area contributed by atoms with Gasteiger partial charge in [0.05, 0.1) is 0 Å². The molecule has 2 bridgehead atoms. The highest BCUT2D eigenvalue weighted by molar-refractivity contribution is 5.06. The van der Waals surface area contributed by atoms with Crippen LogP contribution in [-0.2, 0) is 0 Å². The maximum absolute atomic E-state index is 12.9. The predicted molar refractivity (Wildman–Crippen MR) is 48.8 cm³/mol. The van der Waals surface area contributed by atoms with Crippen molar-refractivity contribution in [3.05, 3.63) is 0 Å². The summed E-state index contributed by atoms with van der Waals surface area (Å²) in [6.45, 7) is 4.37. The van der Waals surface area contributed by atoms with Crippen molar-refractivity contribution < 1.29 is 8.78 Å². The highest BCUT2D eigenvalue weighted by Crippen LogP contribution is 2.66. The molecule has 0 nitrogen and oxygen atoms in total. The monoisotopic (exact) mass is 188 g/mol. The van der Waals surface area contributed by atoms with Crippen molar-refractivity contribution in [3.63, 3.8) is 0 Å². The van der Waals surface area contributed by atoms with Crippen LogP contribution >= 0.6 is 0 Å². The Morgan fingerprint density at radius 3 is 1.62 bits per heavy atom. The van der Waals surface area contributed by atoms with Gasteiger partial charge in [-0.1, -0.05) is 13.8 Å². The maximum Gasteiger partial charge on any atom is 0.244 e. The molecule has 2 heteroatoms. The van der Waals surface area contributed by atoms with Crippen molar-refractivity contribution in [1.29, 1.82) is 0 Å². The van der Waals surface area contributed by atoms with E-state index in [0.29, 0.717) is 5.92 Å². The molecule has 0 radical (unpaired) electrons. The molecule has 2 saturated carbocycles. The fraction of sp³-hybridized carbons (Fsp3) is 1.00. The van der Waals surface area contributed by atoms with E-state index in [1.807, 2.05) is 0 Å². The maximum atomic E-state index is 12.9. The third-order valence-corrected chi connectivity index (χ3v) is 4.63. The van der Waals surface area contributed by atoms with Gasteiger partial charge in [-0.2, -0.15) is 0 Å². The Balaban J connectivity index is 2.19. The van der Waals surface area contributed by atoms with E-state index in [9.17, 15) is 8.78 Å². The number of alkyl halides is 2. The molecule has 0 atom stereocenters. The molecular formula is C11H18F2. The van der Waals surface area contributed by atoms with Crippen LogP contribution in [0.1, 0.15) is 46.0 Å². The van der Waals surface area contributed by atoms with Crippen molar-refractivity contribution in [2.24, 2.45) is 16.7 Å². The Kier molecular flexibility index (Phi) is 1.94. The summed E-state index contributed by atoms with van der Waals surface area (Å²) in [5.41, 5.74) is -0.305. The molecular weight excluding hydrogens is 170 g/mol. The first-order valence-electron chi connectivity index (χ1n) is 5.29. The quantitative estimate of drug-likeness (QED) is 0.617. The summed E-state index contributed by atoms with van der Waals surface area (Å²) in [4.78, 5) is 0. The predicted octanol–water partition coefficient (Wildman–Crippen LogP) is 3.86. The summed E-state index contributed by atoms with van der Waals surface area (Å²) in [6, 6.07) is 0. The number of fused-ring (bicyclic) bond motifs is 2. The van der Waals surface area contributed by atoms with Crippen molar-refractivity contribution in [3.8, 4) is 0 Å². The lowest BCUT2D eigenvalue weighted by atomic mass is 9.75. The third kappa shape index (κ3) is 1.14. The summed E-state index contributed by atoms with van der Waals surface area (Å²) in [6.07, 6.45) is 2.31. The molecule has 0 heterocycles. The van der Waals surface area contributed by atoms with Gasteiger partial charge in [0.1, 0.15) is 0 Å². The molecule has 76 valence electrons.